The summed E-state index contributed by atoms with van der Waals surface area (Å²) in [5, 5.41) is 29.8. The number of phenolic OH excluding ortho intramolecular Hbond substituents is 1. The molecular weight excluding hydrogens is 322 g/mol. The van der Waals surface area contributed by atoms with Crippen molar-refractivity contribution in [1.29, 1.82) is 0 Å². The van der Waals surface area contributed by atoms with Crippen molar-refractivity contribution in [2.24, 2.45) is 5.73 Å². The maximum Gasteiger partial charge on any atom is 0.312 e. The number of H-pyrrole nitrogens is 1. The van der Waals surface area contributed by atoms with Crippen LogP contribution in [0.25, 0.3) is 11.3 Å². The van der Waals surface area contributed by atoms with Gasteiger partial charge in [-0.15, -0.1) is 0 Å². The van der Waals surface area contributed by atoms with Gasteiger partial charge in [0.25, 0.3) is 5.91 Å². The van der Waals surface area contributed by atoms with E-state index in [2.05, 4.69) is 31.3 Å². The van der Waals surface area contributed by atoms with E-state index in [4.69, 9.17) is 5.73 Å². The van der Waals surface area contributed by atoms with Crippen molar-refractivity contribution in [3.05, 3.63) is 32.4 Å². The number of benzene rings is 1. The Bertz CT molecular complexity index is 683. The number of carbonyl (C=O) groups excluding carboxylic acids is 1. The maximum absolute atomic E-state index is 11.1. The SMILES string of the molecule is NC(=O)c1n[nH]nc1-c1cc(Br)c(O)c([N+](=O)[O-])c1. The number of aromatic hydroxyl groups is 1. The molecule has 19 heavy (non-hydrogen) atoms. The third-order valence-electron chi connectivity index (χ3n) is 2.29. The van der Waals surface area contributed by atoms with Crippen LogP contribution < -0.4 is 5.73 Å². The number of phenols is 1. The van der Waals surface area contributed by atoms with Gasteiger partial charge in [-0.25, -0.2) is 0 Å². The van der Waals surface area contributed by atoms with Crippen LogP contribution in [-0.2, 0) is 0 Å². The van der Waals surface area contributed by atoms with Crippen LogP contribution in [-0.4, -0.2) is 31.3 Å². The highest BCUT2D eigenvalue weighted by Crippen LogP contribution is 2.38. The number of primary amides is 1. The van der Waals surface area contributed by atoms with Crippen LogP contribution in [0.5, 0.6) is 5.75 Å². The summed E-state index contributed by atoms with van der Waals surface area (Å²) >= 11 is 2.98. The molecule has 4 N–H and O–H groups in total. The number of halogens is 1. The molecular formula is C9H6BrN5O4. The Morgan fingerprint density at radius 1 is 1.47 bits per heavy atom. The van der Waals surface area contributed by atoms with Crippen molar-refractivity contribution >= 4 is 27.5 Å². The van der Waals surface area contributed by atoms with E-state index in [-0.39, 0.29) is 21.4 Å². The fraction of sp³-hybridized carbons (Fsp3) is 0. The van der Waals surface area contributed by atoms with Gasteiger partial charge in [-0.2, -0.15) is 15.4 Å². The molecule has 1 amide bonds. The average molecular weight is 328 g/mol. The van der Waals surface area contributed by atoms with Crippen LogP contribution in [0.3, 0.4) is 0 Å². The van der Waals surface area contributed by atoms with E-state index in [1.54, 1.807) is 0 Å². The predicted octanol–water partition coefficient (Wildman–Crippen LogP) is 0.947. The monoisotopic (exact) mass is 327 g/mol. The molecule has 0 aliphatic heterocycles. The molecule has 0 saturated heterocycles. The number of aromatic amines is 1. The largest absolute Gasteiger partial charge is 0.501 e. The zero-order chi connectivity index (χ0) is 14.2. The maximum atomic E-state index is 11.1. The molecule has 1 aromatic heterocycles. The van der Waals surface area contributed by atoms with Crippen molar-refractivity contribution in [3.63, 3.8) is 0 Å². The third kappa shape index (κ3) is 2.25. The van der Waals surface area contributed by atoms with Crippen LogP contribution in [0, 0.1) is 10.1 Å². The number of nitrogens with two attached hydrogens (primary N) is 1. The van der Waals surface area contributed by atoms with Gasteiger partial charge in [0.15, 0.2) is 5.69 Å². The number of hydrogen-bond acceptors (Lipinski definition) is 6. The molecule has 0 spiro atoms. The summed E-state index contributed by atoms with van der Waals surface area (Å²) in [6.07, 6.45) is 0. The van der Waals surface area contributed by atoms with E-state index in [0.717, 1.165) is 6.07 Å². The normalized spacial score (nSPS) is 10.4. The Hall–Kier alpha value is -2.49. The van der Waals surface area contributed by atoms with Crippen molar-refractivity contribution in [1.82, 2.24) is 15.4 Å². The summed E-state index contributed by atoms with van der Waals surface area (Å²) in [5.74, 6) is -1.34. The number of aromatic nitrogens is 3. The second kappa shape index (κ2) is 4.65. The van der Waals surface area contributed by atoms with Crippen LogP contribution in [0.1, 0.15) is 10.5 Å². The van der Waals surface area contributed by atoms with E-state index < -0.39 is 22.3 Å². The third-order valence-corrected chi connectivity index (χ3v) is 2.90. The summed E-state index contributed by atoms with van der Waals surface area (Å²) in [7, 11) is 0. The fourth-order valence-electron chi connectivity index (χ4n) is 1.46. The summed E-state index contributed by atoms with van der Waals surface area (Å²) in [6.45, 7) is 0. The second-order valence-corrected chi connectivity index (χ2v) is 4.32. The van der Waals surface area contributed by atoms with Gasteiger partial charge in [0, 0.05) is 11.6 Å². The second-order valence-electron chi connectivity index (χ2n) is 3.47. The number of hydrogen-bond donors (Lipinski definition) is 3. The van der Waals surface area contributed by atoms with E-state index in [0.29, 0.717) is 0 Å². The first-order chi connectivity index (χ1) is 8.91. The fourth-order valence-corrected chi connectivity index (χ4v) is 1.91. The van der Waals surface area contributed by atoms with Gasteiger partial charge >= 0.3 is 5.69 Å². The lowest BCUT2D eigenvalue weighted by Crippen LogP contribution is -2.12. The molecule has 0 unspecified atom stereocenters. The van der Waals surface area contributed by atoms with Crippen molar-refractivity contribution in [3.8, 4) is 17.0 Å². The number of nitro groups is 1. The molecule has 9 nitrogen and oxygen atoms in total. The topological polar surface area (TPSA) is 148 Å². The van der Waals surface area contributed by atoms with Gasteiger partial charge in [-0.3, -0.25) is 14.9 Å². The molecule has 1 heterocycles. The molecule has 0 atom stereocenters. The molecule has 1 aromatic carbocycles. The first-order valence-corrected chi connectivity index (χ1v) is 5.59. The molecule has 0 fully saturated rings. The number of nitrogens with zero attached hydrogens (tertiary/aromatic N) is 3. The molecule has 0 aliphatic carbocycles. The summed E-state index contributed by atoms with van der Waals surface area (Å²) < 4.78 is 0.0927. The van der Waals surface area contributed by atoms with Crippen LogP contribution in [0.2, 0.25) is 0 Å². The highest BCUT2D eigenvalue weighted by atomic mass is 79.9. The van der Waals surface area contributed by atoms with E-state index >= 15 is 0 Å². The molecule has 2 rings (SSSR count). The van der Waals surface area contributed by atoms with Crippen molar-refractivity contribution in [2.45, 2.75) is 0 Å². The quantitative estimate of drug-likeness (QED) is 0.564. The van der Waals surface area contributed by atoms with Crippen LogP contribution >= 0.6 is 15.9 Å². The van der Waals surface area contributed by atoms with Gasteiger partial charge in [0.1, 0.15) is 5.69 Å². The molecule has 98 valence electrons. The molecule has 0 radical (unpaired) electrons. The average Bonchev–Trinajstić information content (AvgIpc) is 2.81. The van der Waals surface area contributed by atoms with E-state index in [1.165, 1.54) is 6.07 Å². The van der Waals surface area contributed by atoms with Gasteiger partial charge in [0.2, 0.25) is 5.75 Å². The highest BCUT2D eigenvalue weighted by molar-refractivity contribution is 9.10. The van der Waals surface area contributed by atoms with Crippen LogP contribution in [0.15, 0.2) is 16.6 Å². The van der Waals surface area contributed by atoms with E-state index in [1.807, 2.05) is 0 Å². The Labute approximate surface area is 113 Å². The Morgan fingerprint density at radius 2 is 2.16 bits per heavy atom. The summed E-state index contributed by atoms with van der Waals surface area (Å²) in [6, 6.07) is 2.44. The summed E-state index contributed by atoms with van der Waals surface area (Å²) in [4.78, 5) is 21.2. The minimum Gasteiger partial charge on any atom is -0.501 e. The highest BCUT2D eigenvalue weighted by Gasteiger charge is 2.22. The number of nitrogens with one attached hydrogen (secondary N) is 1. The Kier molecular flexibility index (Phi) is 3.17. The minimum absolute atomic E-state index is 0.0660. The predicted molar refractivity (Wildman–Crippen MR) is 66.4 cm³/mol. The molecule has 10 heteroatoms. The Morgan fingerprint density at radius 3 is 2.74 bits per heavy atom. The molecule has 0 aliphatic rings. The van der Waals surface area contributed by atoms with Gasteiger partial charge in [-0.1, -0.05) is 0 Å². The van der Waals surface area contributed by atoms with E-state index in [9.17, 15) is 20.0 Å². The lowest BCUT2D eigenvalue weighted by Gasteiger charge is -2.03. The Balaban J connectivity index is 2.66. The standard InChI is InChI=1S/C9H6BrN5O4/c10-4-1-3(2-5(8(4)16)15(18)19)6-7(9(11)17)13-14-12-6/h1-2,16H,(H2,11,17)(H,12,13,14). The zero-order valence-corrected chi connectivity index (χ0v) is 10.7. The molecule has 0 saturated carbocycles. The zero-order valence-electron chi connectivity index (χ0n) is 9.12. The van der Waals surface area contributed by atoms with Gasteiger partial charge < -0.3 is 10.8 Å². The lowest BCUT2D eigenvalue weighted by molar-refractivity contribution is -0.385. The van der Waals surface area contributed by atoms with Gasteiger partial charge in [-0.05, 0) is 22.0 Å². The molecule has 2 aromatic rings. The van der Waals surface area contributed by atoms with Crippen molar-refractivity contribution < 1.29 is 14.8 Å². The number of rotatable bonds is 3. The van der Waals surface area contributed by atoms with Gasteiger partial charge in [0.05, 0.1) is 9.40 Å². The number of nitro benzene ring substituents is 1. The first-order valence-electron chi connectivity index (χ1n) is 4.79. The smallest absolute Gasteiger partial charge is 0.312 e. The summed E-state index contributed by atoms with van der Waals surface area (Å²) in [5.41, 5.74) is 4.72. The molecule has 0 bridgehead atoms. The minimum atomic E-state index is -0.824. The lowest BCUT2D eigenvalue weighted by atomic mass is 10.1. The number of carbonyl (C=O) groups is 1. The first kappa shape index (κ1) is 13.0. The number of amides is 1. The van der Waals surface area contributed by atoms with Crippen molar-refractivity contribution in [2.75, 3.05) is 0 Å². The van der Waals surface area contributed by atoms with Crippen LogP contribution in [0.4, 0.5) is 5.69 Å².